The Balaban J connectivity index is 1.71. The number of aryl methyl sites for hydroxylation is 3. The van der Waals surface area contributed by atoms with Crippen molar-refractivity contribution in [3.05, 3.63) is 33.3 Å². The molecule has 1 saturated heterocycles. The van der Waals surface area contributed by atoms with Crippen molar-refractivity contribution in [2.24, 2.45) is 11.7 Å². The minimum absolute atomic E-state index is 0.243. The van der Waals surface area contributed by atoms with Crippen molar-refractivity contribution >= 4 is 40.1 Å². The number of benzene rings is 1. The van der Waals surface area contributed by atoms with Crippen LogP contribution in [-0.4, -0.2) is 46.2 Å². The molecule has 9 nitrogen and oxygen atoms in total. The SMILES string of the molecule is CCCn1c(NC(=O)c2sc(C)nc2CC)nc2cc(C(N)=O)cc(OCCC3COC3)c21. The molecule has 0 unspecified atom stereocenters. The van der Waals surface area contributed by atoms with Crippen LogP contribution in [0.15, 0.2) is 12.1 Å². The lowest BCUT2D eigenvalue weighted by atomic mass is 10.1. The zero-order valence-electron chi connectivity index (χ0n) is 19.1. The van der Waals surface area contributed by atoms with Crippen LogP contribution in [0.3, 0.4) is 0 Å². The maximum atomic E-state index is 13.1. The second kappa shape index (κ2) is 9.88. The molecule has 10 heteroatoms. The van der Waals surface area contributed by atoms with Crippen molar-refractivity contribution in [3.63, 3.8) is 0 Å². The Labute approximate surface area is 196 Å². The van der Waals surface area contributed by atoms with Crippen LogP contribution in [-0.2, 0) is 17.7 Å². The van der Waals surface area contributed by atoms with Crippen molar-refractivity contribution in [2.75, 3.05) is 25.1 Å². The van der Waals surface area contributed by atoms with E-state index in [0.29, 0.717) is 53.1 Å². The first-order chi connectivity index (χ1) is 15.9. The number of nitrogens with zero attached hydrogens (tertiary/aromatic N) is 3. The number of nitrogens with one attached hydrogen (secondary N) is 1. The molecule has 0 radical (unpaired) electrons. The molecule has 1 aliphatic rings. The Hall–Kier alpha value is -2.98. The van der Waals surface area contributed by atoms with Gasteiger partial charge in [0, 0.05) is 18.0 Å². The van der Waals surface area contributed by atoms with Gasteiger partial charge in [-0.15, -0.1) is 11.3 Å². The van der Waals surface area contributed by atoms with Gasteiger partial charge < -0.3 is 19.8 Å². The quantitative estimate of drug-likeness (QED) is 0.466. The number of carbonyl (C=O) groups is 2. The first-order valence-corrected chi connectivity index (χ1v) is 12.0. The molecule has 0 bridgehead atoms. The maximum absolute atomic E-state index is 13.1. The van der Waals surface area contributed by atoms with E-state index in [1.165, 1.54) is 11.3 Å². The summed E-state index contributed by atoms with van der Waals surface area (Å²) >= 11 is 1.37. The van der Waals surface area contributed by atoms with E-state index >= 15 is 0 Å². The van der Waals surface area contributed by atoms with Crippen LogP contribution < -0.4 is 15.8 Å². The van der Waals surface area contributed by atoms with Crippen LogP contribution in [0.1, 0.15) is 57.4 Å². The van der Waals surface area contributed by atoms with E-state index in [2.05, 4.69) is 15.3 Å². The van der Waals surface area contributed by atoms with Crippen molar-refractivity contribution in [1.82, 2.24) is 14.5 Å². The number of nitrogens with two attached hydrogens (primary N) is 1. The summed E-state index contributed by atoms with van der Waals surface area (Å²) in [6.07, 6.45) is 2.35. The molecule has 33 heavy (non-hydrogen) atoms. The predicted molar refractivity (Wildman–Crippen MR) is 127 cm³/mol. The van der Waals surface area contributed by atoms with Crippen LogP contribution in [0.4, 0.5) is 5.95 Å². The van der Waals surface area contributed by atoms with E-state index in [9.17, 15) is 9.59 Å². The second-order valence-corrected chi connectivity index (χ2v) is 9.35. The number of imidazole rings is 1. The summed E-state index contributed by atoms with van der Waals surface area (Å²) in [4.78, 5) is 34.7. The fraction of sp³-hybridized carbons (Fsp3) is 0.478. The smallest absolute Gasteiger partial charge is 0.269 e. The zero-order valence-corrected chi connectivity index (χ0v) is 20.0. The van der Waals surface area contributed by atoms with Crippen LogP contribution in [0.5, 0.6) is 5.75 Å². The van der Waals surface area contributed by atoms with Gasteiger partial charge in [-0.05, 0) is 38.3 Å². The summed E-state index contributed by atoms with van der Waals surface area (Å²) < 4.78 is 13.3. The van der Waals surface area contributed by atoms with E-state index in [4.69, 9.17) is 15.2 Å². The lowest BCUT2D eigenvalue weighted by Crippen LogP contribution is -2.28. The average Bonchev–Trinajstić information content (AvgIpc) is 3.30. The normalized spacial score (nSPS) is 13.8. The predicted octanol–water partition coefficient (Wildman–Crippen LogP) is 3.54. The number of primary amides is 1. The Morgan fingerprint density at radius 3 is 2.73 bits per heavy atom. The molecule has 3 N–H and O–H groups in total. The molecule has 1 fully saturated rings. The van der Waals surface area contributed by atoms with E-state index in [1.807, 2.05) is 25.3 Å². The summed E-state index contributed by atoms with van der Waals surface area (Å²) in [6, 6.07) is 3.30. The lowest BCUT2D eigenvalue weighted by molar-refractivity contribution is -0.0400. The van der Waals surface area contributed by atoms with Gasteiger partial charge in [-0.25, -0.2) is 9.97 Å². The van der Waals surface area contributed by atoms with Crippen LogP contribution in [0, 0.1) is 12.8 Å². The third kappa shape index (κ3) is 4.86. The minimum Gasteiger partial charge on any atom is -0.491 e. The molecule has 176 valence electrons. The summed E-state index contributed by atoms with van der Waals surface area (Å²) in [5, 5.41) is 3.80. The van der Waals surface area contributed by atoms with E-state index in [0.717, 1.165) is 42.3 Å². The fourth-order valence-electron chi connectivity index (χ4n) is 3.85. The first kappa shape index (κ1) is 23.2. The third-order valence-corrected chi connectivity index (χ3v) is 6.61. The van der Waals surface area contributed by atoms with Gasteiger partial charge in [0.25, 0.3) is 5.91 Å². The van der Waals surface area contributed by atoms with Gasteiger partial charge in [0.2, 0.25) is 11.9 Å². The molecule has 3 heterocycles. The Morgan fingerprint density at radius 2 is 2.09 bits per heavy atom. The highest BCUT2D eigenvalue weighted by Crippen LogP contribution is 2.32. The summed E-state index contributed by atoms with van der Waals surface area (Å²) in [5.74, 6) is 0.630. The molecular weight excluding hydrogens is 442 g/mol. The van der Waals surface area contributed by atoms with E-state index in [1.54, 1.807) is 12.1 Å². The summed E-state index contributed by atoms with van der Waals surface area (Å²) in [6.45, 7) is 8.53. The number of anilines is 1. The number of hydrogen-bond acceptors (Lipinski definition) is 7. The molecule has 1 aromatic carbocycles. The molecule has 1 aliphatic heterocycles. The largest absolute Gasteiger partial charge is 0.491 e. The first-order valence-electron chi connectivity index (χ1n) is 11.2. The van der Waals surface area contributed by atoms with Gasteiger partial charge >= 0.3 is 0 Å². The number of rotatable bonds is 10. The van der Waals surface area contributed by atoms with Crippen molar-refractivity contribution in [3.8, 4) is 5.75 Å². The van der Waals surface area contributed by atoms with Gasteiger partial charge in [0.15, 0.2) is 0 Å². The highest BCUT2D eigenvalue weighted by Gasteiger charge is 2.23. The minimum atomic E-state index is -0.558. The van der Waals surface area contributed by atoms with Gasteiger partial charge in [-0.2, -0.15) is 0 Å². The summed E-state index contributed by atoms with van der Waals surface area (Å²) in [7, 11) is 0. The molecule has 0 atom stereocenters. The molecule has 2 amide bonds. The molecular formula is C23H29N5O4S. The third-order valence-electron chi connectivity index (χ3n) is 5.60. The van der Waals surface area contributed by atoms with E-state index in [-0.39, 0.29) is 5.91 Å². The number of amides is 2. The number of carbonyl (C=O) groups excluding carboxylic acids is 2. The van der Waals surface area contributed by atoms with Gasteiger partial charge in [-0.1, -0.05) is 13.8 Å². The van der Waals surface area contributed by atoms with Crippen molar-refractivity contribution in [1.29, 1.82) is 0 Å². The maximum Gasteiger partial charge on any atom is 0.269 e. The molecule has 0 spiro atoms. The van der Waals surface area contributed by atoms with Gasteiger partial charge in [0.1, 0.15) is 16.1 Å². The standard InChI is InChI=1S/C23H29N5O4S/c1-4-7-28-19-17(26-23(28)27-22(30)20-16(5-2)25-13(3)33-20)9-15(21(24)29)10-18(19)32-8-6-14-11-31-12-14/h9-10,14H,4-8,11-12H2,1-3H3,(H2,24,29)(H,26,27,30). The fourth-order valence-corrected chi connectivity index (χ4v) is 4.75. The van der Waals surface area contributed by atoms with Crippen LogP contribution >= 0.6 is 11.3 Å². The number of thiazole rings is 1. The van der Waals surface area contributed by atoms with Crippen molar-refractivity contribution in [2.45, 2.75) is 46.6 Å². The molecule has 3 aromatic rings. The Bertz CT molecular complexity index is 1180. The number of ether oxygens (including phenoxy) is 2. The van der Waals surface area contributed by atoms with Crippen LogP contribution in [0.2, 0.25) is 0 Å². The number of aromatic nitrogens is 3. The van der Waals surface area contributed by atoms with Crippen molar-refractivity contribution < 1.29 is 19.1 Å². The zero-order chi connectivity index (χ0) is 23.5. The molecule has 0 saturated carbocycles. The molecule has 2 aromatic heterocycles. The monoisotopic (exact) mass is 471 g/mol. The lowest BCUT2D eigenvalue weighted by Gasteiger charge is -2.25. The number of fused-ring (bicyclic) bond motifs is 1. The Kier molecular flexibility index (Phi) is 6.94. The second-order valence-electron chi connectivity index (χ2n) is 8.15. The highest BCUT2D eigenvalue weighted by molar-refractivity contribution is 7.13. The van der Waals surface area contributed by atoms with E-state index < -0.39 is 5.91 Å². The highest BCUT2D eigenvalue weighted by atomic mass is 32.1. The Morgan fingerprint density at radius 1 is 1.30 bits per heavy atom. The van der Waals surface area contributed by atoms with Crippen LogP contribution in [0.25, 0.3) is 11.0 Å². The van der Waals surface area contributed by atoms with Gasteiger partial charge in [0.05, 0.1) is 36.0 Å². The van der Waals surface area contributed by atoms with Gasteiger partial charge in [-0.3, -0.25) is 14.9 Å². The summed E-state index contributed by atoms with van der Waals surface area (Å²) in [5.41, 5.74) is 7.92. The number of hydrogen-bond donors (Lipinski definition) is 2. The molecule has 4 rings (SSSR count). The average molecular weight is 472 g/mol. The topological polar surface area (TPSA) is 121 Å². The molecule has 0 aliphatic carbocycles.